The predicted octanol–water partition coefficient (Wildman–Crippen LogP) is 2.56. The fourth-order valence-corrected chi connectivity index (χ4v) is 1.77. The van der Waals surface area contributed by atoms with Crippen molar-refractivity contribution in [2.24, 2.45) is 0 Å². The summed E-state index contributed by atoms with van der Waals surface area (Å²) in [5.74, 6) is 0.357. The normalized spacial score (nSPS) is 13.6. The highest BCUT2D eigenvalue weighted by Gasteiger charge is 2.15. The Balaban J connectivity index is 2.48. The van der Waals surface area contributed by atoms with Crippen LogP contribution in [-0.2, 0) is 16.0 Å². The number of carbonyl (C=O) groups is 1. The molecule has 112 valence electrons. The van der Waals surface area contributed by atoms with Crippen LogP contribution in [0, 0.1) is 0 Å². The molecule has 4 heteroatoms. The van der Waals surface area contributed by atoms with Gasteiger partial charge in [0, 0.05) is 6.04 Å². The first kappa shape index (κ1) is 16.5. The third-order valence-electron chi connectivity index (χ3n) is 3.21. The highest BCUT2D eigenvalue weighted by atomic mass is 16.6. The van der Waals surface area contributed by atoms with E-state index in [1.54, 1.807) is 13.8 Å². The molecular weight excluding hydrogens is 254 g/mol. The molecule has 4 nitrogen and oxygen atoms in total. The number of rotatable bonds is 8. The molecule has 0 heterocycles. The fraction of sp³-hybridized carbons (Fsp3) is 0.562. The van der Waals surface area contributed by atoms with Gasteiger partial charge in [0.1, 0.15) is 5.75 Å². The van der Waals surface area contributed by atoms with Gasteiger partial charge in [-0.25, -0.2) is 4.79 Å². The lowest BCUT2D eigenvalue weighted by atomic mass is 10.1. The summed E-state index contributed by atoms with van der Waals surface area (Å²) in [6, 6.07) is 8.38. The topological polar surface area (TPSA) is 47.6 Å². The minimum atomic E-state index is -0.579. The van der Waals surface area contributed by atoms with Gasteiger partial charge in [0.2, 0.25) is 0 Å². The Kier molecular flexibility index (Phi) is 7.09. The van der Waals surface area contributed by atoms with Crippen LogP contribution in [0.5, 0.6) is 5.75 Å². The van der Waals surface area contributed by atoms with Gasteiger partial charge in [-0.1, -0.05) is 12.1 Å². The van der Waals surface area contributed by atoms with Crippen LogP contribution in [0.25, 0.3) is 0 Å². The van der Waals surface area contributed by atoms with Crippen LogP contribution in [0.15, 0.2) is 24.3 Å². The van der Waals surface area contributed by atoms with E-state index in [1.165, 1.54) is 5.56 Å². The van der Waals surface area contributed by atoms with Gasteiger partial charge in [0.15, 0.2) is 6.10 Å². The van der Waals surface area contributed by atoms with Crippen molar-refractivity contribution < 1.29 is 14.3 Å². The van der Waals surface area contributed by atoms with Crippen molar-refractivity contribution in [3.8, 4) is 5.75 Å². The van der Waals surface area contributed by atoms with E-state index in [0.717, 1.165) is 12.8 Å². The molecule has 0 saturated heterocycles. The van der Waals surface area contributed by atoms with Crippen molar-refractivity contribution in [3.63, 3.8) is 0 Å². The number of esters is 1. The summed E-state index contributed by atoms with van der Waals surface area (Å²) in [5, 5.41) is 3.22. The fourth-order valence-electron chi connectivity index (χ4n) is 1.77. The molecule has 1 aromatic carbocycles. The van der Waals surface area contributed by atoms with Gasteiger partial charge in [-0.3, -0.25) is 0 Å². The molecule has 2 unspecified atom stereocenters. The van der Waals surface area contributed by atoms with Crippen molar-refractivity contribution in [1.29, 1.82) is 0 Å². The molecule has 0 fully saturated rings. The number of nitrogens with one attached hydrogen (secondary N) is 1. The van der Waals surface area contributed by atoms with E-state index in [1.807, 2.05) is 31.3 Å². The molecule has 0 aromatic heterocycles. The molecule has 1 aromatic rings. The zero-order valence-electron chi connectivity index (χ0n) is 12.8. The summed E-state index contributed by atoms with van der Waals surface area (Å²) in [4.78, 5) is 11.5. The summed E-state index contributed by atoms with van der Waals surface area (Å²) in [5.41, 5.74) is 1.27. The zero-order chi connectivity index (χ0) is 15.0. The number of carbonyl (C=O) groups excluding carboxylic acids is 1. The maximum atomic E-state index is 11.5. The monoisotopic (exact) mass is 279 g/mol. The van der Waals surface area contributed by atoms with Crippen LogP contribution in [0.3, 0.4) is 0 Å². The second kappa shape index (κ2) is 8.59. The summed E-state index contributed by atoms with van der Waals surface area (Å²) in [6.45, 7) is 6.01. The Morgan fingerprint density at radius 3 is 2.45 bits per heavy atom. The number of ether oxygens (including phenoxy) is 2. The van der Waals surface area contributed by atoms with E-state index < -0.39 is 6.10 Å². The molecule has 2 atom stereocenters. The number of hydrogen-bond donors (Lipinski definition) is 1. The number of hydrogen-bond acceptors (Lipinski definition) is 4. The Morgan fingerprint density at radius 2 is 1.90 bits per heavy atom. The Labute approximate surface area is 121 Å². The van der Waals surface area contributed by atoms with E-state index in [4.69, 9.17) is 9.47 Å². The molecule has 1 N–H and O–H groups in total. The predicted molar refractivity (Wildman–Crippen MR) is 80.0 cm³/mol. The lowest BCUT2D eigenvalue weighted by Gasteiger charge is -2.14. The van der Waals surface area contributed by atoms with Crippen LogP contribution in [-0.4, -0.2) is 31.8 Å². The third kappa shape index (κ3) is 5.61. The Bertz CT molecular complexity index is 403. The van der Waals surface area contributed by atoms with E-state index in [0.29, 0.717) is 18.4 Å². The van der Waals surface area contributed by atoms with Crippen molar-refractivity contribution in [3.05, 3.63) is 29.8 Å². The smallest absolute Gasteiger partial charge is 0.347 e. The standard InChI is InChI=1S/C16H25NO3/c1-5-19-16(18)13(3)20-15-10-8-14(9-11-15)7-6-12(2)17-4/h8-13,17H,5-7H2,1-4H3. The largest absolute Gasteiger partial charge is 0.479 e. The van der Waals surface area contributed by atoms with Crippen molar-refractivity contribution >= 4 is 5.97 Å². The molecule has 0 bridgehead atoms. The molecule has 20 heavy (non-hydrogen) atoms. The second-order valence-electron chi connectivity index (χ2n) is 4.88. The highest BCUT2D eigenvalue weighted by molar-refractivity contribution is 5.74. The first-order chi connectivity index (χ1) is 9.56. The average molecular weight is 279 g/mol. The lowest BCUT2D eigenvalue weighted by Crippen LogP contribution is -2.26. The first-order valence-corrected chi connectivity index (χ1v) is 7.16. The van der Waals surface area contributed by atoms with Crippen LogP contribution in [0.4, 0.5) is 0 Å². The van der Waals surface area contributed by atoms with Gasteiger partial charge in [0.05, 0.1) is 6.61 Å². The van der Waals surface area contributed by atoms with Gasteiger partial charge in [-0.05, 0) is 58.4 Å². The molecule has 0 aliphatic carbocycles. The average Bonchev–Trinajstić information content (AvgIpc) is 2.46. The summed E-state index contributed by atoms with van der Waals surface area (Å²) >= 11 is 0. The highest BCUT2D eigenvalue weighted by Crippen LogP contribution is 2.15. The van der Waals surface area contributed by atoms with E-state index in [9.17, 15) is 4.79 Å². The molecule has 0 spiro atoms. The molecule has 0 saturated carbocycles. The maximum Gasteiger partial charge on any atom is 0.347 e. The van der Waals surface area contributed by atoms with Crippen molar-refractivity contribution in [2.45, 2.75) is 45.8 Å². The minimum Gasteiger partial charge on any atom is -0.479 e. The first-order valence-electron chi connectivity index (χ1n) is 7.16. The minimum absolute atomic E-state index is 0.334. The summed E-state index contributed by atoms with van der Waals surface area (Å²) < 4.78 is 10.4. The van der Waals surface area contributed by atoms with Crippen molar-refractivity contribution in [1.82, 2.24) is 5.32 Å². The maximum absolute atomic E-state index is 11.5. The number of aryl methyl sites for hydroxylation is 1. The Hall–Kier alpha value is -1.55. The van der Waals surface area contributed by atoms with Gasteiger partial charge in [-0.2, -0.15) is 0 Å². The molecule has 0 aliphatic rings. The lowest BCUT2D eigenvalue weighted by molar-refractivity contribution is -0.150. The van der Waals surface area contributed by atoms with Crippen LogP contribution >= 0.6 is 0 Å². The third-order valence-corrected chi connectivity index (χ3v) is 3.21. The molecule has 0 aliphatic heterocycles. The van der Waals surface area contributed by atoms with Crippen molar-refractivity contribution in [2.75, 3.05) is 13.7 Å². The second-order valence-corrected chi connectivity index (χ2v) is 4.88. The van der Waals surface area contributed by atoms with Crippen LogP contribution in [0.2, 0.25) is 0 Å². The van der Waals surface area contributed by atoms with Crippen LogP contribution in [0.1, 0.15) is 32.8 Å². The molecule has 0 radical (unpaired) electrons. The van der Waals surface area contributed by atoms with Gasteiger partial charge >= 0.3 is 5.97 Å². The van der Waals surface area contributed by atoms with Gasteiger partial charge < -0.3 is 14.8 Å². The summed E-state index contributed by atoms with van der Waals surface area (Å²) in [7, 11) is 1.97. The molecule has 0 amide bonds. The van der Waals surface area contributed by atoms with Crippen LogP contribution < -0.4 is 10.1 Å². The molecular formula is C16H25NO3. The number of benzene rings is 1. The van der Waals surface area contributed by atoms with E-state index in [2.05, 4.69) is 12.2 Å². The zero-order valence-corrected chi connectivity index (χ0v) is 12.8. The Morgan fingerprint density at radius 1 is 1.25 bits per heavy atom. The summed E-state index contributed by atoms with van der Waals surface area (Å²) in [6.07, 6.45) is 1.54. The van der Waals surface area contributed by atoms with Gasteiger partial charge in [-0.15, -0.1) is 0 Å². The van der Waals surface area contributed by atoms with E-state index >= 15 is 0 Å². The quantitative estimate of drug-likeness (QED) is 0.743. The van der Waals surface area contributed by atoms with E-state index in [-0.39, 0.29) is 5.97 Å². The molecule has 1 rings (SSSR count). The SMILES string of the molecule is CCOC(=O)C(C)Oc1ccc(CCC(C)NC)cc1. The van der Waals surface area contributed by atoms with Gasteiger partial charge in [0.25, 0.3) is 0 Å².